The van der Waals surface area contributed by atoms with E-state index >= 15 is 0 Å². The van der Waals surface area contributed by atoms with Crippen LogP contribution >= 0.6 is 0 Å². The van der Waals surface area contributed by atoms with Gasteiger partial charge >= 0.3 is 5.69 Å². The molecule has 32 heavy (non-hydrogen) atoms. The second-order valence-electron chi connectivity index (χ2n) is 8.75. The Morgan fingerprint density at radius 1 is 1.25 bits per heavy atom. The molecule has 1 unspecified atom stereocenters. The second-order valence-corrected chi connectivity index (χ2v) is 8.75. The highest BCUT2D eigenvalue weighted by Crippen LogP contribution is 2.42. The summed E-state index contributed by atoms with van der Waals surface area (Å²) in [5.41, 5.74) is 1.83. The minimum Gasteiger partial charge on any atom is -0.467 e. The second kappa shape index (κ2) is 8.78. The molecule has 2 aliphatic rings. The summed E-state index contributed by atoms with van der Waals surface area (Å²) < 4.78 is 16.5. The normalized spacial score (nSPS) is 19.7. The topological polar surface area (TPSA) is 111 Å². The Labute approximate surface area is 185 Å². The number of hydrogen-bond acceptors (Lipinski definition) is 9. The number of furan rings is 1. The van der Waals surface area contributed by atoms with Crippen LogP contribution in [0.1, 0.15) is 38.4 Å². The van der Waals surface area contributed by atoms with Crippen LogP contribution in [0.2, 0.25) is 0 Å². The Bertz CT molecular complexity index is 1070. The molecule has 0 radical (unpaired) electrons. The van der Waals surface area contributed by atoms with Crippen molar-refractivity contribution in [3.8, 4) is 0 Å². The van der Waals surface area contributed by atoms with Gasteiger partial charge < -0.3 is 19.0 Å². The minimum atomic E-state index is -0.374. The summed E-state index contributed by atoms with van der Waals surface area (Å²) in [4.78, 5) is 15.9. The molecule has 0 bridgehead atoms. The van der Waals surface area contributed by atoms with Gasteiger partial charge in [-0.25, -0.2) is 4.63 Å². The van der Waals surface area contributed by atoms with Crippen molar-refractivity contribution in [2.45, 2.75) is 45.3 Å². The van der Waals surface area contributed by atoms with E-state index in [1.165, 1.54) is 0 Å². The summed E-state index contributed by atoms with van der Waals surface area (Å²) in [6.45, 7) is 5.61. The van der Waals surface area contributed by atoms with Crippen LogP contribution in [0.3, 0.4) is 0 Å². The van der Waals surface area contributed by atoms with E-state index in [1.54, 1.807) is 6.26 Å². The Morgan fingerprint density at radius 2 is 2.06 bits per heavy atom. The van der Waals surface area contributed by atoms with Crippen LogP contribution in [-0.2, 0) is 11.3 Å². The number of rotatable bonds is 7. The number of piperidine rings is 1. The van der Waals surface area contributed by atoms with Crippen LogP contribution in [0.5, 0.6) is 0 Å². The number of aromatic nitrogens is 2. The molecule has 2 fully saturated rings. The van der Waals surface area contributed by atoms with Gasteiger partial charge in [-0.1, -0.05) is 6.92 Å². The van der Waals surface area contributed by atoms with Crippen LogP contribution in [-0.4, -0.2) is 47.6 Å². The predicted molar refractivity (Wildman–Crippen MR) is 118 cm³/mol. The predicted octanol–water partition coefficient (Wildman–Crippen LogP) is 4.15. The van der Waals surface area contributed by atoms with Crippen LogP contribution in [0, 0.1) is 16.0 Å². The standard InChI is InChI=1S/C22H27N5O5/c1-15-6-8-25(9-7-15)19-12-18(20-21(24-32-23-20)22(19)27(28)29)26(13-16-4-2-10-30-16)14-17-5-3-11-31-17/h2,4,10,12,15,17H,3,5-9,11,13-14H2,1H3. The average molecular weight is 441 g/mol. The molecule has 2 aliphatic heterocycles. The van der Waals surface area contributed by atoms with E-state index in [1.807, 2.05) is 18.2 Å². The first kappa shape index (κ1) is 20.7. The monoisotopic (exact) mass is 441 g/mol. The third-order valence-corrected chi connectivity index (χ3v) is 6.49. The number of nitro groups is 1. The maximum absolute atomic E-state index is 12.1. The molecule has 2 aromatic heterocycles. The Kier molecular flexibility index (Phi) is 5.69. The van der Waals surface area contributed by atoms with E-state index < -0.39 is 0 Å². The molecule has 0 N–H and O–H groups in total. The molecule has 0 amide bonds. The van der Waals surface area contributed by atoms with Gasteiger partial charge in [0, 0.05) is 26.2 Å². The lowest BCUT2D eigenvalue weighted by Gasteiger charge is -2.33. The average Bonchev–Trinajstić information content (AvgIpc) is 3.55. The molecule has 0 saturated carbocycles. The highest BCUT2D eigenvalue weighted by Gasteiger charge is 2.32. The SMILES string of the molecule is CC1CCN(c2cc(N(Cc3ccco3)CC3CCCO3)c3nonc3c2[N+](=O)[O-])CC1. The maximum Gasteiger partial charge on any atom is 0.323 e. The number of fused-ring (bicyclic) bond motifs is 1. The summed E-state index contributed by atoms with van der Waals surface area (Å²) in [7, 11) is 0. The van der Waals surface area contributed by atoms with Gasteiger partial charge in [0.1, 0.15) is 11.4 Å². The van der Waals surface area contributed by atoms with Crippen molar-refractivity contribution >= 4 is 28.1 Å². The molecule has 2 saturated heterocycles. The molecule has 10 nitrogen and oxygen atoms in total. The fourth-order valence-electron chi connectivity index (χ4n) is 4.68. The van der Waals surface area contributed by atoms with Gasteiger partial charge in [0.2, 0.25) is 5.52 Å². The van der Waals surface area contributed by atoms with Crippen LogP contribution in [0.25, 0.3) is 11.0 Å². The summed E-state index contributed by atoms with van der Waals surface area (Å²) in [6, 6.07) is 5.64. The van der Waals surface area contributed by atoms with Crippen molar-refractivity contribution in [2.24, 2.45) is 5.92 Å². The number of anilines is 2. The largest absolute Gasteiger partial charge is 0.467 e. The summed E-state index contributed by atoms with van der Waals surface area (Å²) in [5.74, 6) is 1.40. The fraction of sp³-hybridized carbons (Fsp3) is 0.545. The number of ether oxygens (including phenoxy) is 1. The molecule has 1 aromatic carbocycles. The van der Waals surface area contributed by atoms with E-state index in [-0.39, 0.29) is 22.2 Å². The van der Waals surface area contributed by atoms with Crippen molar-refractivity contribution in [1.29, 1.82) is 0 Å². The highest BCUT2D eigenvalue weighted by atomic mass is 16.6. The molecule has 4 heterocycles. The Morgan fingerprint density at radius 3 is 2.75 bits per heavy atom. The first-order valence-electron chi connectivity index (χ1n) is 11.2. The minimum absolute atomic E-state index is 0.0466. The van der Waals surface area contributed by atoms with Gasteiger partial charge in [-0.15, -0.1) is 0 Å². The number of benzene rings is 1. The Balaban J connectivity index is 1.60. The van der Waals surface area contributed by atoms with Gasteiger partial charge in [0.25, 0.3) is 0 Å². The first-order valence-corrected chi connectivity index (χ1v) is 11.2. The van der Waals surface area contributed by atoms with Crippen molar-refractivity contribution in [1.82, 2.24) is 10.3 Å². The fourth-order valence-corrected chi connectivity index (χ4v) is 4.68. The lowest BCUT2D eigenvalue weighted by Crippen LogP contribution is -2.34. The number of nitro benzene ring substituents is 1. The highest BCUT2D eigenvalue weighted by molar-refractivity contribution is 6.00. The summed E-state index contributed by atoms with van der Waals surface area (Å²) in [6.07, 6.45) is 5.70. The van der Waals surface area contributed by atoms with E-state index in [2.05, 4.69) is 27.0 Å². The van der Waals surface area contributed by atoms with Crippen LogP contribution < -0.4 is 9.80 Å². The lowest BCUT2D eigenvalue weighted by molar-refractivity contribution is -0.382. The van der Waals surface area contributed by atoms with Gasteiger partial charge in [0.15, 0.2) is 5.52 Å². The first-order chi connectivity index (χ1) is 15.6. The van der Waals surface area contributed by atoms with Gasteiger partial charge in [0.05, 0.1) is 29.5 Å². The number of nitrogens with zero attached hydrogens (tertiary/aromatic N) is 5. The van der Waals surface area contributed by atoms with Gasteiger partial charge in [-0.05, 0) is 60.1 Å². The zero-order valence-electron chi connectivity index (χ0n) is 18.1. The molecule has 170 valence electrons. The van der Waals surface area contributed by atoms with Crippen molar-refractivity contribution in [3.63, 3.8) is 0 Å². The van der Waals surface area contributed by atoms with Crippen molar-refractivity contribution in [3.05, 3.63) is 40.3 Å². The third-order valence-electron chi connectivity index (χ3n) is 6.49. The van der Waals surface area contributed by atoms with Crippen LogP contribution in [0.15, 0.2) is 33.5 Å². The zero-order valence-corrected chi connectivity index (χ0v) is 18.1. The van der Waals surface area contributed by atoms with Crippen LogP contribution in [0.4, 0.5) is 17.1 Å². The van der Waals surface area contributed by atoms with E-state index in [4.69, 9.17) is 13.8 Å². The molecular weight excluding hydrogens is 414 g/mol. The summed E-state index contributed by atoms with van der Waals surface area (Å²) in [5, 5.41) is 20.1. The maximum atomic E-state index is 12.1. The molecule has 10 heteroatoms. The molecule has 0 spiro atoms. The van der Waals surface area contributed by atoms with Crippen molar-refractivity contribution < 1.29 is 18.7 Å². The Hall–Kier alpha value is -3.14. The molecule has 3 aromatic rings. The molecular formula is C22H27N5O5. The number of hydrogen-bond donors (Lipinski definition) is 0. The summed E-state index contributed by atoms with van der Waals surface area (Å²) >= 11 is 0. The molecule has 5 rings (SSSR count). The third kappa shape index (κ3) is 4.02. The quantitative estimate of drug-likeness (QED) is 0.394. The molecule has 0 aliphatic carbocycles. The zero-order chi connectivity index (χ0) is 22.1. The van der Waals surface area contributed by atoms with E-state index in [0.29, 0.717) is 30.2 Å². The lowest BCUT2D eigenvalue weighted by atomic mass is 9.98. The van der Waals surface area contributed by atoms with Gasteiger partial charge in [-0.3, -0.25) is 10.1 Å². The molecule has 1 atom stereocenters. The van der Waals surface area contributed by atoms with Gasteiger partial charge in [-0.2, -0.15) is 0 Å². The smallest absolute Gasteiger partial charge is 0.323 e. The van der Waals surface area contributed by atoms with E-state index in [9.17, 15) is 10.1 Å². The van der Waals surface area contributed by atoms with E-state index in [0.717, 1.165) is 56.8 Å². The van der Waals surface area contributed by atoms with Crippen molar-refractivity contribution in [2.75, 3.05) is 36.0 Å².